The van der Waals surface area contributed by atoms with Crippen molar-refractivity contribution < 1.29 is 4.42 Å². The second-order valence-electron chi connectivity index (χ2n) is 5.04. The topological polar surface area (TPSA) is 62.6 Å². The molecule has 0 aliphatic carbocycles. The smallest absolute Gasteiger partial charge is 0.147 e. The molecule has 0 radical (unpaired) electrons. The summed E-state index contributed by atoms with van der Waals surface area (Å²) in [5.41, 5.74) is 1.98. The summed E-state index contributed by atoms with van der Waals surface area (Å²) >= 11 is 0. The van der Waals surface area contributed by atoms with Crippen LogP contribution in [0.5, 0.6) is 0 Å². The monoisotopic (exact) mass is 328 g/mol. The summed E-state index contributed by atoms with van der Waals surface area (Å²) in [6.07, 6.45) is 6.45. The first-order valence-electron chi connectivity index (χ1n) is 7.73. The highest BCUT2D eigenvalue weighted by molar-refractivity contribution is 5.83. The number of nitrogens with zero attached hydrogens (tertiary/aromatic N) is 4. The maximum atomic E-state index is 5.54. The first kappa shape index (κ1) is 16.3. The van der Waals surface area contributed by atoms with E-state index in [2.05, 4.69) is 20.4 Å². The van der Waals surface area contributed by atoms with Gasteiger partial charge in [0.1, 0.15) is 11.5 Å². The Balaban J connectivity index is 1.53. The molecule has 0 N–H and O–H groups in total. The van der Waals surface area contributed by atoms with Crippen LogP contribution < -0.4 is 0 Å². The minimum Gasteiger partial charge on any atom is -0.454 e. The molecule has 0 saturated heterocycles. The van der Waals surface area contributed by atoms with Gasteiger partial charge in [-0.05, 0) is 23.3 Å². The number of hydrogen-bond acceptors (Lipinski definition) is 5. The molecule has 5 nitrogen and oxygen atoms in total. The van der Waals surface area contributed by atoms with Crippen LogP contribution in [0.15, 0.2) is 97.6 Å². The molecular formula is C20H16N4O. The van der Waals surface area contributed by atoms with E-state index >= 15 is 0 Å². The zero-order chi connectivity index (χ0) is 17.2. The predicted molar refractivity (Wildman–Crippen MR) is 102 cm³/mol. The van der Waals surface area contributed by atoms with Crippen LogP contribution in [0, 0.1) is 0 Å². The molecule has 3 aromatic rings. The Hall–Kier alpha value is -3.60. The van der Waals surface area contributed by atoms with E-state index in [4.69, 9.17) is 4.42 Å². The third kappa shape index (κ3) is 5.51. The minimum absolute atomic E-state index is 0.596. The van der Waals surface area contributed by atoms with Crippen molar-refractivity contribution in [1.29, 1.82) is 0 Å². The highest BCUT2D eigenvalue weighted by Gasteiger charge is 1.96. The van der Waals surface area contributed by atoms with Crippen molar-refractivity contribution in [2.24, 2.45) is 20.4 Å². The van der Waals surface area contributed by atoms with Crippen molar-refractivity contribution in [3.63, 3.8) is 0 Å². The normalized spacial score (nSPS) is 12.2. The number of furan rings is 1. The summed E-state index contributed by atoms with van der Waals surface area (Å²) in [6.45, 7) is 0. The molecule has 0 saturated carbocycles. The molecule has 0 amide bonds. The van der Waals surface area contributed by atoms with Gasteiger partial charge in [0.2, 0.25) is 0 Å². The van der Waals surface area contributed by atoms with Crippen LogP contribution in [0.4, 0.5) is 0 Å². The Bertz CT molecular complexity index is 820. The first-order chi connectivity index (χ1) is 12.4. The lowest BCUT2D eigenvalue weighted by molar-refractivity contribution is 0.553. The van der Waals surface area contributed by atoms with Gasteiger partial charge < -0.3 is 4.42 Å². The molecule has 122 valence electrons. The highest BCUT2D eigenvalue weighted by atomic mass is 16.3. The summed E-state index contributed by atoms with van der Waals surface area (Å²) in [5, 5.41) is 15.9. The Morgan fingerprint density at radius 3 is 1.32 bits per heavy atom. The van der Waals surface area contributed by atoms with Gasteiger partial charge in [0, 0.05) is 0 Å². The Morgan fingerprint density at radius 2 is 0.880 bits per heavy atom. The van der Waals surface area contributed by atoms with E-state index in [1.165, 1.54) is 0 Å². The third-order valence-electron chi connectivity index (χ3n) is 3.16. The van der Waals surface area contributed by atoms with Crippen molar-refractivity contribution in [1.82, 2.24) is 0 Å². The second kappa shape index (κ2) is 8.88. The van der Waals surface area contributed by atoms with Crippen LogP contribution in [0.1, 0.15) is 22.6 Å². The van der Waals surface area contributed by atoms with E-state index in [-0.39, 0.29) is 0 Å². The quantitative estimate of drug-likeness (QED) is 0.494. The summed E-state index contributed by atoms with van der Waals surface area (Å²) in [4.78, 5) is 0. The zero-order valence-electron chi connectivity index (χ0n) is 13.4. The first-order valence-corrected chi connectivity index (χ1v) is 7.73. The van der Waals surface area contributed by atoms with Gasteiger partial charge in [-0.2, -0.15) is 20.4 Å². The van der Waals surface area contributed by atoms with Gasteiger partial charge in [-0.25, -0.2) is 0 Å². The fraction of sp³-hybridized carbons (Fsp3) is 0. The second-order valence-corrected chi connectivity index (χ2v) is 5.04. The molecule has 0 aliphatic rings. The summed E-state index contributed by atoms with van der Waals surface area (Å²) in [6, 6.07) is 23.1. The van der Waals surface area contributed by atoms with Gasteiger partial charge in [-0.15, -0.1) is 0 Å². The van der Waals surface area contributed by atoms with Gasteiger partial charge in [-0.1, -0.05) is 60.7 Å². The molecule has 5 heteroatoms. The van der Waals surface area contributed by atoms with Gasteiger partial charge in [0.15, 0.2) is 0 Å². The molecule has 25 heavy (non-hydrogen) atoms. The maximum Gasteiger partial charge on any atom is 0.147 e. The molecule has 0 aliphatic heterocycles. The van der Waals surface area contributed by atoms with Gasteiger partial charge in [0.25, 0.3) is 0 Å². The zero-order valence-corrected chi connectivity index (χ0v) is 13.4. The summed E-state index contributed by atoms with van der Waals surface area (Å²) in [5.74, 6) is 1.19. The molecule has 1 heterocycles. The van der Waals surface area contributed by atoms with E-state index < -0.39 is 0 Å². The lowest BCUT2D eigenvalue weighted by atomic mass is 10.2. The standard InChI is InChI=1S/C20H16N4O/c1-3-7-17(8-4-1)13-21-23-15-19-11-12-20(25-19)16-24-22-14-18-9-5-2-6-10-18/h1-16H/b21-13-,22-14-,23-15+,24-16+. The van der Waals surface area contributed by atoms with E-state index in [0.717, 1.165) is 11.1 Å². The lowest BCUT2D eigenvalue weighted by Gasteiger charge is -1.88. The van der Waals surface area contributed by atoms with Crippen LogP contribution in [0.2, 0.25) is 0 Å². The number of hydrogen-bond donors (Lipinski definition) is 0. The third-order valence-corrected chi connectivity index (χ3v) is 3.16. The van der Waals surface area contributed by atoms with E-state index in [1.54, 1.807) is 37.0 Å². The molecule has 3 rings (SSSR count). The largest absolute Gasteiger partial charge is 0.454 e. The fourth-order valence-corrected chi connectivity index (χ4v) is 1.97. The molecular weight excluding hydrogens is 312 g/mol. The van der Waals surface area contributed by atoms with Crippen LogP contribution in [-0.2, 0) is 0 Å². The van der Waals surface area contributed by atoms with Crippen molar-refractivity contribution in [3.05, 3.63) is 95.4 Å². The number of benzene rings is 2. The summed E-state index contributed by atoms with van der Waals surface area (Å²) < 4.78 is 5.54. The van der Waals surface area contributed by atoms with Crippen LogP contribution in [-0.4, -0.2) is 24.9 Å². The van der Waals surface area contributed by atoms with Crippen molar-refractivity contribution in [2.75, 3.05) is 0 Å². The SMILES string of the molecule is C(=N/N=C/c1ccc(/C=N/N=C\c2ccccc2)o1)/c1ccccc1. The van der Waals surface area contributed by atoms with Gasteiger partial charge >= 0.3 is 0 Å². The summed E-state index contributed by atoms with van der Waals surface area (Å²) in [7, 11) is 0. The molecule has 1 aromatic heterocycles. The average Bonchev–Trinajstić information content (AvgIpc) is 3.12. The average molecular weight is 328 g/mol. The van der Waals surface area contributed by atoms with Crippen molar-refractivity contribution >= 4 is 24.9 Å². The maximum absolute atomic E-state index is 5.54. The molecule has 0 atom stereocenters. The lowest BCUT2D eigenvalue weighted by Crippen LogP contribution is -1.79. The molecule has 2 aromatic carbocycles. The predicted octanol–water partition coefficient (Wildman–Crippen LogP) is 4.19. The Morgan fingerprint density at radius 1 is 0.480 bits per heavy atom. The van der Waals surface area contributed by atoms with Crippen LogP contribution >= 0.6 is 0 Å². The molecule has 0 spiro atoms. The van der Waals surface area contributed by atoms with E-state index in [9.17, 15) is 0 Å². The van der Waals surface area contributed by atoms with E-state index in [0.29, 0.717) is 11.5 Å². The van der Waals surface area contributed by atoms with Crippen molar-refractivity contribution in [3.8, 4) is 0 Å². The Kier molecular flexibility index (Phi) is 5.78. The van der Waals surface area contributed by atoms with E-state index in [1.807, 2.05) is 60.7 Å². The van der Waals surface area contributed by atoms with Crippen LogP contribution in [0.25, 0.3) is 0 Å². The van der Waals surface area contributed by atoms with Gasteiger partial charge in [0.05, 0.1) is 24.9 Å². The van der Waals surface area contributed by atoms with Crippen molar-refractivity contribution in [2.45, 2.75) is 0 Å². The minimum atomic E-state index is 0.596. The Labute approximate surface area is 145 Å². The molecule has 0 fully saturated rings. The highest BCUT2D eigenvalue weighted by Crippen LogP contribution is 2.03. The molecule has 0 unspecified atom stereocenters. The molecule has 0 bridgehead atoms. The number of rotatable bonds is 6. The fourth-order valence-electron chi connectivity index (χ4n) is 1.97. The van der Waals surface area contributed by atoms with Gasteiger partial charge in [-0.3, -0.25) is 0 Å². The van der Waals surface area contributed by atoms with Crippen LogP contribution in [0.3, 0.4) is 0 Å².